The molecule has 0 atom stereocenters. The minimum Gasteiger partial charge on any atom is -0.379 e. The van der Waals surface area contributed by atoms with E-state index in [4.69, 9.17) is 4.74 Å². The molecule has 1 heterocycles. The fraction of sp³-hybridized carbons (Fsp3) is 0.300. The van der Waals surface area contributed by atoms with Gasteiger partial charge in [0.25, 0.3) is 5.91 Å². The van der Waals surface area contributed by atoms with Gasteiger partial charge >= 0.3 is 0 Å². The SMILES string of the molecule is CC(=NNC(=O)c1cccc(S(=O)(=O)N2CCOCC2)c1)c1ccc(C)cc1. The van der Waals surface area contributed by atoms with Crippen molar-refractivity contribution in [3.63, 3.8) is 0 Å². The highest BCUT2D eigenvalue weighted by Crippen LogP contribution is 2.18. The number of ether oxygens (including phenoxy) is 1. The van der Waals surface area contributed by atoms with Crippen LogP contribution in [0.3, 0.4) is 0 Å². The molecule has 1 aliphatic rings. The summed E-state index contributed by atoms with van der Waals surface area (Å²) in [4.78, 5) is 12.5. The van der Waals surface area contributed by atoms with Gasteiger partial charge in [-0.2, -0.15) is 9.41 Å². The van der Waals surface area contributed by atoms with Gasteiger partial charge in [0.15, 0.2) is 0 Å². The van der Waals surface area contributed by atoms with Crippen LogP contribution in [0.5, 0.6) is 0 Å². The van der Waals surface area contributed by atoms with Crippen LogP contribution in [-0.4, -0.2) is 50.6 Å². The van der Waals surface area contributed by atoms with E-state index in [0.717, 1.165) is 11.1 Å². The maximum atomic E-state index is 12.8. The van der Waals surface area contributed by atoms with E-state index in [9.17, 15) is 13.2 Å². The second-order valence-corrected chi connectivity index (χ2v) is 8.49. The standard InChI is InChI=1S/C20H23N3O4S/c1-15-6-8-17(9-7-15)16(2)21-22-20(24)18-4-3-5-19(14-18)28(25,26)23-10-12-27-13-11-23/h3-9,14H,10-13H2,1-2H3,(H,22,24). The van der Waals surface area contributed by atoms with Crippen molar-refractivity contribution in [2.75, 3.05) is 26.3 Å². The predicted molar refractivity (Wildman–Crippen MR) is 107 cm³/mol. The zero-order valence-corrected chi connectivity index (χ0v) is 16.7. The van der Waals surface area contributed by atoms with Crippen molar-refractivity contribution >= 4 is 21.6 Å². The Morgan fingerprint density at radius 1 is 1.07 bits per heavy atom. The molecule has 2 aromatic rings. The fourth-order valence-electron chi connectivity index (χ4n) is 2.79. The maximum absolute atomic E-state index is 12.8. The summed E-state index contributed by atoms with van der Waals surface area (Å²) in [5, 5.41) is 4.12. The Hall–Kier alpha value is -2.55. The number of carbonyl (C=O) groups is 1. The lowest BCUT2D eigenvalue weighted by Crippen LogP contribution is -2.40. The van der Waals surface area contributed by atoms with Crippen LogP contribution in [0.2, 0.25) is 0 Å². The van der Waals surface area contributed by atoms with Gasteiger partial charge in [0.05, 0.1) is 23.8 Å². The molecule has 1 N–H and O–H groups in total. The average Bonchev–Trinajstić information content (AvgIpc) is 2.73. The highest BCUT2D eigenvalue weighted by Gasteiger charge is 2.26. The van der Waals surface area contributed by atoms with Crippen molar-refractivity contribution < 1.29 is 17.9 Å². The van der Waals surface area contributed by atoms with Crippen molar-refractivity contribution in [1.82, 2.24) is 9.73 Å². The van der Waals surface area contributed by atoms with E-state index in [-0.39, 0.29) is 10.5 Å². The van der Waals surface area contributed by atoms with E-state index < -0.39 is 15.9 Å². The van der Waals surface area contributed by atoms with E-state index in [1.54, 1.807) is 19.1 Å². The number of nitrogens with one attached hydrogen (secondary N) is 1. The van der Waals surface area contributed by atoms with Gasteiger partial charge in [-0.25, -0.2) is 13.8 Å². The van der Waals surface area contributed by atoms with E-state index in [2.05, 4.69) is 10.5 Å². The molecule has 0 spiro atoms. The summed E-state index contributed by atoms with van der Waals surface area (Å²) < 4.78 is 32.1. The largest absolute Gasteiger partial charge is 0.379 e. The second-order valence-electron chi connectivity index (χ2n) is 6.55. The van der Waals surface area contributed by atoms with Crippen LogP contribution in [0, 0.1) is 6.92 Å². The van der Waals surface area contributed by atoms with Gasteiger partial charge in [-0.1, -0.05) is 35.9 Å². The molecular weight excluding hydrogens is 378 g/mol. The summed E-state index contributed by atoms with van der Waals surface area (Å²) in [6, 6.07) is 13.8. The summed E-state index contributed by atoms with van der Waals surface area (Å²) in [5.74, 6) is -0.467. The summed E-state index contributed by atoms with van der Waals surface area (Å²) >= 11 is 0. The number of benzene rings is 2. The monoisotopic (exact) mass is 401 g/mol. The molecule has 0 unspecified atom stereocenters. The van der Waals surface area contributed by atoms with E-state index >= 15 is 0 Å². The molecule has 8 heteroatoms. The first-order valence-electron chi connectivity index (χ1n) is 8.97. The van der Waals surface area contributed by atoms with Crippen molar-refractivity contribution in [3.8, 4) is 0 Å². The number of morpholine rings is 1. The summed E-state index contributed by atoms with van der Waals surface area (Å²) in [6.45, 7) is 5.14. The Bertz CT molecular complexity index is 979. The minimum absolute atomic E-state index is 0.0845. The molecule has 148 valence electrons. The lowest BCUT2D eigenvalue weighted by molar-refractivity contribution is 0.0730. The molecule has 3 rings (SSSR count). The van der Waals surface area contributed by atoms with E-state index in [1.807, 2.05) is 31.2 Å². The van der Waals surface area contributed by atoms with Crippen molar-refractivity contribution in [3.05, 3.63) is 65.2 Å². The summed E-state index contributed by atoms with van der Waals surface area (Å²) in [6.07, 6.45) is 0. The third-order valence-electron chi connectivity index (χ3n) is 4.50. The van der Waals surface area contributed by atoms with Gasteiger partial charge in [0, 0.05) is 18.7 Å². The van der Waals surface area contributed by atoms with Gasteiger partial charge in [-0.05, 0) is 37.6 Å². The smallest absolute Gasteiger partial charge is 0.271 e. The Morgan fingerprint density at radius 3 is 2.43 bits per heavy atom. The predicted octanol–water partition coefficient (Wildman–Crippen LogP) is 2.17. The molecule has 1 aliphatic heterocycles. The van der Waals surface area contributed by atoms with Crippen LogP contribution in [0.4, 0.5) is 0 Å². The number of carbonyl (C=O) groups excluding carboxylic acids is 1. The normalized spacial score (nSPS) is 16.0. The van der Waals surface area contributed by atoms with Gasteiger partial charge < -0.3 is 4.74 Å². The molecule has 0 saturated carbocycles. The quantitative estimate of drug-likeness (QED) is 0.614. The molecule has 1 fully saturated rings. The number of sulfonamides is 1. The van der Waals surface area contributed by atoms with Gasteiger partial charge in [-0.3, -0.25) is 4.79 Å². The Labute approximate surface area is 165 Å². The molecule has 7 nitrogen and oxygen atoms in total. The van der Waals surface area contributed by atoms with Crippen LogP contribution >= 0.6 is 0 Å². The van der Waals surface area contributed by atoms with Crippen LogP contribution in [-0.2, 0) is 14.8 Å². The number of hydrazone groups is 1. The fourth-order valence-corrected chi connectivity index (χ4v) is 4.25. The van der Waals surface area contributed by atoms with E-state index in [0.29, 0.717) is 32.0 Å². The first kappa shape index (κ1) is 20.2. The molecule has 2 aromatic carbocycles. The Balaban J connectivity index is 1.75. The topological polar surface area (TPSA) is 88.1 Å². The summed E-state index contributed by atoms with van der Waals surface area (Å²) in [5.41, 5.74) is 5.42. The van der Waals surface area contributed by atoms with Crippen molar-refractivity contribution in [1.29, 1.82) is 0 Å². The average molecular weight is 401 g/mol. The van der Waals surface area contributed by atoms with Crippen LogP contribution in [0.15, 0.2) is 58.5 Å². The van der Waals surface area contributed by atoms with Crippen LogP contribution < -0.4 is 5.43 Å². The number of hydrogen-bond acceptors (Lipinski definition) is 5. The maximum Gasteiger partial charge on any atom is 0.271 e. The van der Waals surface area contributed by atoms with Crippen molar-refractivity contribution in [2.24, 2.45) is 5.10 Å². The Kier molecular flexibility index (Phi) is 6.23. The Morgan fingerprint density at radius 2 is 1.75 bits per heavy atom. The van der Waals surface area contributed by atoms with Gasteiger partial charge in [0.1, 0.15) is 0 Å². The van der Waals surface area contributed by atoms with Crippen molar-refractivity contribution in [2.45, 2.75) is 18.7 Å². The number of hydrogen-bond donors (Lipinski definition) is 1. The lowest BCUT2D eigenvalue weighted by atomic mass is 10.1. The molecule has 1 amide bonds. The zero-order chi connectivity index (χ0) is 20.1. The molecule has 0 bridgehead atoms. The molecule has 0 radical (unpaired) electrons. The molecular formula is C20H23N3O4S. The number of amides is 1. The highest BCUT2D eigenvalue weighted by atomic mass is 32.2. The number of rotatable bonds is 5. The summed E-state index contributed by atoms with van der Waals surface area (Å²) in [7, 11) is -3.66. The molecule has 1 saturated heterocycles. The van der Waals surface area contributed by atoms with Crippen LogP contribution in [0.25, 0.3) is 0 Å². The molecule has 0 aromatic heterocycles. The van der Waals surface area contributed by atoms with Gasteiger partial charge in [-0.15, -0.1) is 0 Å². The number of nitrogens with zero attached hydrogens (tertiary/aromatic N) is 2. The van der Waals surface area contributed by atoms with Crippen LogP contribution in [0.1, 0.15) is 28.4 Å². The molecule has 0 aliphatic carbocycles. The lowest BCUT2D eigenvalue weighted by Gasteiger charge is -2.26. The van der Waals surface area contributed by atoms with Gasteiger partial charge in [0.2, 0.25) is 10.0 Å². The second kappa shape index (κ2) is 8.64. The highest BCUT2D eigenvalue weighted by molar-refractivity contribution is 7.89. The first-order chi connectivity index (χ1) is 13.4. The van der Waals surface area contributed by atoms with E-state index in [1.165, 1.54) is 16.4 Å². The third-order valence-corrected chi connectivity index (χ3v) is 6.39. The first-order valence-corrected chi connectivity index (χ1v) is 10.4. The minimum atomic E-state index is -3.66. The number of aryl methyl sites for hydroxylation is 1. The third kappa shape index (κ3) is 4.64. The zero-order valence-electron chi connectivity index (χ0n) is 15.9. The molecule has 28 heavy (non-hydrogen) atoms.